The van der Waals surface area contributed by atoms with Gasteiger partial charge >= 0.3 is 0 Å². The Morgan fingerprint density at radius 3 is 2.38 bits per heavy atom. The Morgan fingerprint density at radius 1 is 1.09 bits per heavy atom. The summed E-state index contributed by atoms with van der Waals surface area (Å²) in [5, 5.41) is 11.7. The van der Waals surface area contributed by atoms with Gasteiger partial charge in [0.15, 0.2) is 5.76 Å². The summed E-state index contributed by atoms with van der Waals surface area (Å²) in [7, 11) is 1.58. The van der Waals surface area contributed by atoms with Crippen molar-refractivity contribution in [2.24, 2.45) is 0 Å². The number of hydrogen-bond donors (Lipinski definition) is 1. The first-order valence-electron chi connectivity index (χ1n) is 10.2. The van der Waals surface area contributed by atoms with E-state index in [2.05, 4.69) is 4.98 Å². The lowest BCUT2D eigenvalue weighted by molar-refractivity contribution is -0.117. The first-order valence-corrected chi connectivity index (χ1v) is 11.0. The number of nitrogens with zero attached hydrogens (tertiary/aromatic N) is 2. The zero-order valence-corrected chi connectivity index (χ0v) is 19.4. The molecule has 1 amide bonds. The molecule has 0 saturated carbocycles. The van der Waals surface area contributed by atoms with Gasteiger partial charge in [0.2, 0.25) is 5.78 Å². The molecule has 0 radical (unpaired) electrons. The van der Waals surface area contributed by atoms with Crippen molar-refractivity contribution in [3.05, 3.63) is 86.1 Å². The number of Topliss-reactive ketones (excluding diaryl/α,β-unsaturated/α-hetero) is 1. The molecule has 1 aromatic heterocycles. The third kappa shape index (κ3) is 3.48. The minimum absolute atomic E-state index is 0.0628. The quantitative estimate of drug-likeness (QED) is 0.545. The largest absolute Gasteiger partial charge is 0.503 e. The number of amides is 1. The Balaban J connectivity index is 1.92. The van der Waals surface area contributed by atoms with Gasteiger partial charge in [-0.05, 0) is 62.6 Å². The average molecular weight is 449 g/mol. The Kier molecular flexibility index (Phi) is 5.60. The summed E-state index contributed by atoms with van der Waals surface area (Å²) in [6, 6.07) is 12.1. The number of rotatable bonds is 5. The van der Waals surface area contributed by atoms with Gasteiger partial charge in [0, 0.05) is 5.69 Å². The second-order valence-corrected chi connectivity index (χ2v) is 9.01. The number of benzene rings is 2. The van der Waals surface area contributed by atoms with Crippen LogP contribution in [0.25, 0.3) is 0 Å². The van der Waals surface area contributed by atoms with Gasteiger partial charge in [-0.1, -0.05) is 24.3 Å². The third-order valence-electron chi connectivity index (χ3n) is 5.83. The maximum Gasteiger partial charge on any atom is 0.294 e. The van der Waals surface area contributed by atoms with E-state index in [0.29, 0.717) is 27.6 Å². The lowest BCUT2D eigenvalue weighted by Crippen LogP contribution is -2.31. The molecule has 2 heterocycles. The standard InChI is InChI=1S/C25H24N2O4S/c1-13-7-6-8-19(14(13)2)27-21(17-9-11-18(31-5)12-10-17)20(23(29)25(27)30)22(28)24-15(3)26-16(4)32-24/h6-12,21,29H,1-5H3. The number of aliphatic hydroxyl groups is 1. The molecule has 1 N–H and O–H groups in total. The Labute approximate surface area is 190 Å². The second kappa shape index (κ2) is 8.24. The fourth-order valence-electron chi connectivity index (χ4n) is 4.05. The van der Waals surface area contributed by atoms with Crippen LogP contribution in [0.15, 0.2) is 53.8 Å². The number of ether oxygens (including phenoxy) is 1. The van der Waals surface area contributed by atoms with E-state index in [1.54, 1.807) is 26.2 Å². The number of carbonyl (C=O) groups excluding carboxylic acids is 2. The Bertz CT molecular complexity index is 1260. The van der Waals surface area contributed by atoms with Crippen LogP contribution in [0.2, 0.25) is 0 Å². The van der Waals surface area contributed by atoms with E-state index in [1.807, 2.05) is 51.1 Å². The minimum atomic E-state index is -0.775. The van der Waals surface area contributed by atoms with E-state index in [0.717, 1.165) is 16.1 Å². The van der Waals surface area contributed by atoms with E-state index in [-0.39, 0.29) is 11.4 Å². The van der Waals surface area contributed by atoms with Gasteiger partial charge in [-0.15, -0.1) is 11.3 Å². The SMILES string of the molecule is COc1ccc(C2C(C(=O)c3sc(C)nc3C)=C(O)C(=O)N2c2cccc(C)c2C)cc1. The van der Waals surface area contributed by atoms with Crippen molar-refractivity contribution in [3.8, 4) is 5.75 Å². The molecule has 2 aromatic carbocycles. The van der Waals surface area contributed by atoms with Crippen LogP contribution in [0.4, 0.5) is 5.69 Å². The topological polar surface area (TPSA) is 79.7 Å². The highest BCUT2D eigenvalue weighted by molar-refractivity contribution is 7.14. The van der Waals surface area contributed by atoms with Crippen LogP contribution in [-0.2, 0) is 4.79 Å². The smallest absolute Gasteiger partial charge is 0.294 e. The van der Waals surface area contributed by atoms with Gasteiger partial charge in [0.1, 0.15) is 5.75 Å². The number of aromatic nitrogens is 1. The first kappa shape index (κ1) is 21.8. The molecule has 0 bridgehead atoms. The van der Waals surface area contributed by atoms with Crippen LogP contribution in [0, 0.1) is 27.7 Å². The van der Waals surface area contributed by atoms with Crippen molar-refractivity contribution in [2.45, 2.75) is 33.7 Å². The lowest BCUT2D eigenvalue weighted by atomic mass is 9.94. The minimum Gasteiger partial charge on any atom is -0.503 e. The molecule has 32 heavy (non-hydrogen) atoms. The second-order valence-electron chi connectivity index (χ2n) is 7.81. The lowest BCUT2D eigenvalue weighted by Gasteiger charge is -2.28. The zero-order valence-electron chi connectivity index (χ0n) is 18.6. The van der Waals surface area contributed by atoms with Crippen molar-refractivity contribution in [3.63, 3.8) is 0 Å². The summed E-state index contributed by atoms with van der Waals surface area (Å²) in [5.41, 5.74) is 3.92. The number of ketones is 1. The molecule has 0 fully saturated rings. The molecule has 1 aliphatic heterocycles. The predicted octanol–water partition coefficient (Wildman–Crippen LogP) is 5.17. The molecule has 0 saturated heterocycles. The average Bonchev–Trinajstić information content (AvgIpc) is 3.25. The Morgan fingerprint density at radius 2 is 1.78 bits per heavy atom. The molecule has 3 aromatic rings. The molecule has 6 nitrogen and oxygen atoms in total. The molecule has 164 valence electrons. The summed E-state index contributed by atoms with van der Waals surface area (Å²) < 4.78 is 5.27. The maximum atomic E-state index is 13.6. The third-order valence-corrected chi connectivity index (χ3v) is 6.90. The monoisotopic (exact) mass is 448 g/mol. The van der Waals surface area contributed by atoms with Crippen molar-refractivity contribution in [1.82, 2.24) is 4.98 Å². The summed E-state index contributed by atoms with van der Waals surface area (Å²) >= 11 is 1.26. The highest BCUT2D eigenvalue weighted by atomic mass is 32.1. The van der Waals surface area contributed by atoms with Gasteiger partial charge < -0.3 is 9.84 Å². The summed E-state index contributed by atoms with van der Waals surface area (Å²) in [5.74, 6) is -0.845. The van der Waals surface area contributed by atoms with Crippen molar-refractivity contribution in [1.29, 1.82) is 0 Å². The van der Waals surface area contributed by atoms with E-state index < -0.39 is 17.7 Å². The first-order chi connectivity index (χ1) is 15.2. The van der Waals surface area contributed by atoms with Crippen molar-refractivity contribution in [2.75, 3.05) is 12.0 Å². The number of aryl methyl sites for hydroxylation is 3. The van der Waals surface area contributed by atoms with E-state index in [9.17, 15) is 14.7 Å². The number of anilines is 1. The zero-order chi connectivity index (χ0) is 23.2. The van der Waals surface area contributed by atoms with Crippen LogP contribution < -0.4 is 9.64 Å². The van der Waals surface area contributed by atoms with Crippen LogP contribution in [0.5, 0.6) is 5.75 Å². The molecule has 0 spiro atoms. The molecule has 7 heteroatoms. The van der Waals surface area contributed by atoms with Crippen LogP contribution in [0.3, 0.4) is 0 Å². The number of carbonyl (C=O) groups is 2. The molecular formula is C25H24N2O4S. The molecule has 1 atom stereocenters. The van der Waals surface area contributed by atoms with E-state index in [4.69, 9.17) is 4.74 Å². The molecule has 1 unspecified atom stereocenters. The molecule has 0 aliphatic carbocycles. The molecular weight excluding hydrogens is 424 g/mol. The van der Waals surface area contributed by atoms with Gasteiger partial charge in [-0.25, -0.2) is 4.98 Å². The fourth-order valence-corrected chi connectivity index (χ4v) is 4.92. The summed E-state index contributed by atoms with van der Waals surface area (Å²) in [4.78, 5) is 33.3. The highest BCUT2D eigenvalue weighted by Crippen LogP contribution is 2.44. The van der Waals surface area contributed by atoms with Crippen LogP contribution >= 0.6 is 11.3 Å². The molecule has 1 aliphatic rings. The highest BCUT2D eigenvalue weighted by Gasteiger charge is 2.45. The van der Waals surface area contributed by atoms with E-state index >= 15 is 0 Å². The normalized spacial score (nSPS) is 16.1. The summed E-state index contributed by atoms with van der Waals surface area (Å²) in [6.45, 7) is 7.48. The van der Waals surface area contributed by atoms with Crippen molar-refractivity contribution >= 4 is 28.7 Å². The number of methoxy groups -OCH3 is 1. The number of hydrogen-bond acceptors (Lipinski definition) is 6. The van der Waals surface area contributed by atoms with Crippen LogP contribution in [0.1, 0.15) is 43.1 Å². The van der Waals surface area contributed by atoms with Gasteiger partial charge in [-0.2, -0.15) is 0 Å². The van der Waals surface area contributed by atoms with Gasteiger partial charge in [0.25, 0.3) is 5.91 Å². The van der Waals surface area contributed by atoms with E-state index in [1.165, 1.54) is 16.2 Å². The van der Waals surface area contributed by atoms with Gasteiger partial charge in [-0.3, -0.25) is 14.5 Å². The Hall–Kier alpha value is -3.45. The van der Waals surface area contributed by atoms with Crippen LogP contribution in [-0.4, -0.2) is 28.9 Å². The number of thiazole rings is 1. The predicted molar refractivity (Wildman–Crippen MR) is 125 cm³/mol. The van der Waals surface area contributed by atoms with Gasteiger partial charge in [0.05, 0.1) is 34.3 Å². The number of aliphatic hydroxyl groups excluding tert-OH is 1. The summed E-state index contributed by atoms with van der Waals surface area (Å²) in [6.07, 6.45) is 0. The fraction of sp³-hybridized carbons (Fsp3) is 0.240. The van der Waals surface area contributed by atoms with Crippen molar-refractivity contribution < 1.29 is 19.4 Å². The molecule has 4 rings (SSSR count). The maximum absolute atomic E-state index is 13.6.